The third kappa shape index (κ3) is 2.41. The molecule has 0 unspecified atom stereocenters. The molecule has 0 spiro atoms. The van der Waals surface area contributed by atoms with Gasteiger partial charge >= 0.3 is 5.69 Å². The van der Waals surface area contributed by atoms with Crippen LogP contribution in [0.25, 0.3) is 0 Å². The number of benzene rings is 1. The van der Waals surface area contributed by atoms with E-state index in [1.54, 1.807) is 0 Å². The molecule has 0 aliphatic heterocycles. The van der Waals surface area contributed by atoms with Gasteiger partial charge in [0.2, 0.25) is 0 Å². The van der Waals surface area contributed by atoms with Crippen molar-refractivity contribution in [3.63, 3.8) is 0 Å². The molecule has 6 nitrogen and oxygen atoms in total. The summed E-state index contributed by atoms with van der Waals surface area (Å²) in [6.45, 7) is 1.94. The van der Waals surface area contributed by atoms with Crippen LogP contribution in [0.2, 0.25) is 0 Å². The maximum absolute atomic E-state index is 11.4. The van der Waals surface area contributed by atoms with E-state index in [2.05, 4.69) is 15.2 Å². The van der Waals surface area contributed by atoms with Gasteiger partial charge in [0, 0.05) is 12.1 Å². The smallest absolute Gasteiger partial charge is 0.342 e. The number of nitrogens with two attached hydrogens (primary N) is 1. The number of rotatable bonds is 2. The largest absolute Gasteiger partial charge is 0.398 e. The highest BCUT2D eigenvalue weighted by Crippen LogP contribution is 2.15. The van der Waals surface area contributed by atoms with Crippen molar-refractivity contribution in [3.8, 4) is 0 Å². The predicted molar refractivity (Wildman–Crippen MR) is 63.9 cm³/mol. The Morgan fingerprint density at radius 2 is 2.12 bits per heavy atom. The molecule has 0 bridgehead atoms. The molecule has 2 aromatic rings. The van der Waals surface area contributed by atoms with Crippen molar-refractivity contribution in [1.29, 1.82) is 0 Å². The number of hydrogen-bond acceptors (Lipinski definition) is 4. The van der Waals surface area contributed by atoms with Crippen LogP contribution in [0, 0.1) is 6.92 Å². The molecule has 1 aromatic carbocycles. The molecule has 4 N–H and O–H groups in total. The number of aryl methyl sites for hydroxylation is 1. The van der Waals surface area contributed by atoms with E-state index in [-0.39, 0.29) is 12.1 Å². The molecule has 1 aromatic heterocycles. The Balaban J connectivity index is 2.38. The summed E-state index contributed by atoms with van der Waals surface area (Å²) in [5, 5.41) is 5.89. The van der Waals surface area contributed by atoms with E-state index in [0.717, 1.165) is 11.1 Å². The highest BCUT2D eigenvalue weighted by atomic mass is 16.2. The molecule has 17 heavy (non-hydrogen) atoms. The monoisotopic (exact) mass is 232 g/mol. The summed E-state index contributed by atoms with van der Waals surface area (Å²) in [7, 11) is 0. The van der Waals surface area contributed by atoms with Crippen molar-refractivity contribution in [1.82, 2.24) is 15.2 Å². The summed E-state index contributed by atoms with van der Waals surface area (Å²) in [5.74, 6) is 0. The maximum Gasteiger partial charge on any atom is 0.342 e. The molecule has 0 atom stereocenters. The van der Waals surface area contributed by atoms with E-state index >= 15 is 0 Å². The second kappa shape index (κ2) is 4.25. The normalized spacial score (nSPS) is 10.4. The minimum absolute atomic E-state index is 0.236. The van der Waals surface area contributed by atoms with Crippen LogP contribution in [-0.4, -0.2) is 15.2 Å². The summed E-state index contributed by atoms with van der Waals surface area (Å²) in [5.41, 5.74) is 7.43. The Labute approximate surface area is 96.5 Å². The fourth-order valence-electron chi connectivity index (χ4n) is 1.55. The molecule has 6 heteroatoms. The molecule has 88 valence electrons. The second-order valence-corrected chi connectivity index (χ2v) is 3.83. The van der Waals surface area contributed by atoms with Crippen LogP contribution in [0.4, 0.5) is 5.69 Å². The second-order valence-electron chi connectivity index (χ2n) is 3.83. The van der Waals surface area contributed by atoms with Crippen LogP contribution in [-0.2, 0) is 6.42 Å². The lowest BCUT2D eigenvalue weighted by atomic mass is 10.1. The average molecular weight is 232 g/mol. The first kappa shape index (κ1) is 11.1. The van der Waals surface area contributed by atoms with Gasteiger partial charge in [0.15, 0.2) is 0 Å². The lowest BCUT2D eigenvalue weighted by molar-refractivity contribution is 0.828. The average Bonchev–Trinajstić information content (AvgIpc) is 2.25. The zero-order valence-electron chi connectivity index (χ0n) is 9.28. The van der Waals surface area contributed by atoms with E-state index in [9.17, 15) is 9.59 Å². The van der Waals surface area contributed by atoms with Gasteiger partial charge in [0.25, 0.3) is 5.56 Å². The van der Waals surface area contributed by atoms with Crippen LogP contribution in [0.15, 0.2) is 27.8 Å². The Morgan fingerprint density at radius 1 is 1.35 bits per heavy atom. The van der Waals surface area contributed by atoms with E-state index < -0.39 is 11.2 Å². The van der Waals surface area contributed by atoms with Gasteiger partial charge in [0.1, 0.15) is 5.69 Å². The van der Waals surface area contributed by atoms with Gasteiger partial charge in [-0.15, -0.1) is 0 Å². The summed E-state index contributed by atoms with van der Waals surface area (Å²) < 4.78 is 0. The van der Waals surface area contributed by atoms with Gasteiger partial charge in [-0.2, -0.15) is 5.10 Å². The molecule has 0 radical (unpaired) electrons. The molecule has 0 fully saturated rings. The summed E-state index contributed by atoms with van der Waals surface area (Å²) in [4.78, 5) is 24.4. The first-order chi connectivity index (χ1) is 8.06. The van der Waals surface area contributed by atoms with Crippen molar-refractivity contribution in [2.75, 3.05) is 5.73 Å². The fraction of sp³-hybridized carbons (Fsp3) is 0.182. The SMILES string of the molecule is Cc1ccc(Cc2n[nH]c(=O)[nH]c2=O)c(N)c1. The van der Waals surface area contributed by atoms with Crippen LogP contribution in [0.1, 0.15) is 16.8 Å². The highest BCUT2D eigenvalue weighted by molar-refractivity contribution is 5.50. The van der Waals surface area contributed by atoms with Crippen LogP contribution < -0.4 is 17.0 Å². The number of anilines is 1. The third-order valence-corrected chi connectivity index (χ3v) is 2.44. The Morgan fingerprint density at radius 3 is 2.76 bits per heavy atom. The van der Waals surface area contributed by atoms with Gasteiger partial charge < -0.3 is 5.73 Å². The lowest BCUT2D eigenvalue weighted by Gasteiger charge is -2.05. The van der Waals surface area contributed by atoms with Gasteiger partial charge in [-0.25, -0.2) is 9.89 Å². The minimum atomic E-state index is -0.615. The quantitative estimate of drug-likeness (QED) is 0.631. The summed E-state index contributed by atoms with van der Waals surface area (Å²) >= 11 is 0. The molecule has 2 rings (SSSR count). The number of hydrogen-bond donors (Lipinski definition) is 3. The number of aromatic nitrogens is 3. The molecule has 0 amide bonds. The zero-order chi connectivity index (χ0) is 12.4. The molecule has 1 heterocycles. The molecular weight excluding hydrogens is 220 g/mol. The molecule has 0 aliphatic carbocycles. The number of nitrogens with zero attached hydrogens (tertiary/aromatic N) is 1. The van der Waals surface area contributed by atoms with Crippen molar-refractivity contribution in [2.24, 2.45) is 0 Å². The highest BCUT2D eigenvalue weighted by Gasteiger charge is 2.06. The molecular formula is C11H12N4O2. The van der Waals surface area contributed by atoms with E-state index in [1.165, 1.54) is 0 Å². The van der Waals surface area contributed by atoms with Crippen molar-refractivity contribution >= 4 is 5.69 Å². The summed E-state index contributed by atoms with van der Waals surface area (Å²) in [6, 6.07) is 5.58. The van der Waals surface area contributed by atoms with Crippen LogP contribution >= 0.6 is 0 Å². The predicted octanol–water partition coefficient (Wildman–Crippen LogP) is -0.0604. The minimum Gasteiger partial charge on any atom is -0.398 e. The molecule has 0 aliphatic rings. The van der Waals surface area contributed by atoms with Gasteiger partial charge in [-0.3, -0.25) is 9.78 Å². The van der Waals surface area contributed by atoms with E-state index in [0.29, 0.717) is 5.69 Å². The fourth-order valence-corrected chi connectivity index (χ4v) is 1.55. The van der Waals surface area contributed by atoms with Crippen molar-refractivity contribution < 1.29 is 0 Å². The third-order valence-electron chi connectivity index (χ3n) is 2.44. The number of nitrogens with one attached hydrogen (secondary N) is 2. The molecule has 0 saturated heterocycles. The van der Waals surface area contributed by atoms with Gasteiger partial charge in [-0.05, 0) is 24.1 Å². The van der Waals surface area contributed by atoms with Crippen molar-refractivity contribution in [2.45, 2.75) is 13.3 Å². The first-order valence-electron chi connectivity index (χ1n) is 5.09. The molecule has 0 saturated carbocycles. The van der Waals surface area contributed by atoms with Gasteiger partial charge in [0.05, 0.1) is 0 Å². The zero-order valence-corrected chi connectivity index (χ0v) is 9.28. The van der Waals surface area contributed by atoms with E-state index in [1.807, 2.05) is 25.1 Å². The van der Waals surface area contributed by atoms with Crippen LogP contribution in [0.5, 0.6) is 0 Å². The maximum atomic E-state index is 11.4. The number of nitrogen functional groups attached to an aromatic ring is 1. The van der Waals surface area contributed by atoms with Crippen LogP contribution in [0.3, 0.4) is 0 Å². The van der Waals surface area contributed by atoms with Crippen molar-refractivity contribution in [3.05, 3.63) is 55.9 Å². The Kier molecular flexibility index (Phi) is 2.78. The first-order valence-corrected chi connectivity index (χ1v) is 5.09. The van der Waals surface area contributed by atoms with E-state index in [4.69, 9.17) is 5.73 Å². The standard InChI is InChI=1S/C11H12N4O2/c1-6-2-3-7(8(12)4-6)5-9-10(16)13-11(17)15-14-9/h2-4H,5,12H2,1H3,(H2,13,15,16,17). The number of aromatic amines is 2. The topological polar surface area (TPSA) is 105 Å². The number of H-pyrrole nitrogens is 2. The Bertz CT molecular complexity index is 657. The summed E-state index contributed by atoms with van der Waals surface area (Å²) in [6.07, 6.45) is 0.290. The van der Waals surface area contributed by atoms with Gasteiger partial charge in [-0.1, -0.05) is 12.1 Å². The Hall–Kier alpha value is -2.37. The lowest BCUT2D eigenvalue weighted by Crippen LogP contribution is -2.27.